The molecule has 0 unspecified atom stereocenters. The molecule has 0 aliphatic carbocycles. The minimum absolute atomic E-state index is 0.0758. The number of hydrogen-bond acceptors (Lipinski definition) is 7. The van der Waals surface area contributed by atoms with Crippen molar-refractivity contribution in [3.05, 3.63) is 6.07 Å². The summed E-state index contributed by atoms with van der Waals surface area (Å²) in [6, 6.07) is 1.65. The Kier molecular flexibility index (Phi) is 5.34. The van der Waals surface area contributed by atoms with Crippen LogP contribution in [0.2, 0.25) is 0 Å². The highest BCUT2D eigenvalue weighted by atomic mass is 16.5. The number of rotatable bonds is 4. The number of anilines is 1. The van der Waals surface area contributed by atoms with Crippen molar-refractivity contribution in [3.63, 3.8) is 0 Å². The number of hydrogen-bond donors (Lipinski definition) is 0. The van der Waals surface area contributed by atoms with Crippen LogP contribution >= 0.6 is 0 Å². The minimum atomic E-state index is 0.0758. The summed E-state index contributed by atoms with van der Waals surface area (Å²) in [7, 11) is 3.14. The van der Waals surface area contributed by atoms with Gasteiger partial charge in [-0.05, 0) is 12.8 Å². The number of piperidine rings is 1. The predicted molar refractivity (Wildman–Crippen MR) is 87.5 cm³/mol. The van der Waals surface area contributed by atoms with Gasteiger partial charge < -0.3 is 24.0 Å². The molecule has 0 spiro atoms. The molecule has 3 heterocycles. The molecule has 2 aliphatic heterocycles. The van der Waals surface area contributed by atoms with Crippen LogP contribution in [0.15, 0.2) is 6.07 Å². The van der Waals surface area contributed by atoms with Crippen molar-refractivity contribution in [2.24, 2.45) is 5.92 Å². The smallest absolute Gasteiger partial charge is 0.231 e. The molecule has 0 saturated carbocycles. The van der Waals surface area contributed by atoms with Gasteiger partial charge in [0, 0.05) is 32.1 Å². The first-order valence-corrected chi connectivity index (χ1v) is 8.30. The van der Waals surface area contributed by atoms with Crippen molar-refractivity contribution in [1.29, 1.82) is 0 Å². The van der Waals surface area contributed by atoms with Crippen LogP contribution in [-0.2, 0) is 9.53 Å². The zero-order valence-electron chi connectivity index (χ0n) is 14.2. The van der Waals surface area contributed by atoms with E-state index in [1.54, 1.807) is 20.3 Å². The highest BCUT2D eigenvalue weighted by Crippen LogP contribution is 2.26. The maximum absolute atomic E-state index is 12.6. The van der Waals surface area contributed by atoms with E-state index in [-0.39, 0.29) is 11.8 Å². The maximum atomic E-state index is 12.6. The first-order chi connectivity index (χ1) is 11.7. The van der Waals surface area contributed by atoms with E-state index in [1.165, 1.54) is 0 Å². The molecule has 0 radical (unpaired) electrons. The summed E-state index contributed by atoms with van der Waals surface area (Å²) in [6.07, 6.45) is 1.61. The first-order valence-electron chi connectivity index (χ1n) is 8.30. The van der Waals surface area contributed by atoms with E-state index in [0.717, 1.165) is 25.9 Å². The molecular weight excluding hydrogens is 312 g/mol. The first kappa shape index (κ1) is 16.8. The van der Waals surface area contributed by atoms with E-state index >= 15 is 0 Å². The van der Waals surface area contributed by atoms with Gasteiger partial charge in [-0.15, -0.1) is 0 Å². The molecule has 3 rings (SSSR count). The van der Waals surface area contributed by atoms with Gasteiger partial charge in [-0.25, -0.2) is 0 Å². The second kappa shape index (κ2) is 7.65. The maximum Gasteiger partial charge on any atom is 0.231 e. The molecule has 8 heteroatoms. The van der Waals surface area contributed by atoms with E-state index in [1.807, 2.05) is 4.90 Å². The Morgan fingerprint density at radius 2 is 1.67 bits per heavy atom. The summed E-state index contributed by atoms with van der Waals surface area (Å²) in [5.41, 5.74) is 0. The predicted octanol–water partition coefficient (Wildman–Crippen LogP) is 0.569. The fraction of sp³-hybridized carbons (Fsp3) is 0.688. The van der Waals surface area contributed by atoms with Crippen LogP contribution in [-0.4, -0.2) is 74.4 Å². The monoisotopic (exact) mass is 336 g/mol. The number of morpholine rings is 1. The molecule has 2 saturated heterocycles. The number of carbonyl (C=O) groups excluding carboxylic acids is 1. The zero-order chi connectivity index (χ0) is 16.9. The number of methoxy groups -OCH3 is 2. The van der Waals surface area contributed by atoms with Gasteiger partial charge in [0.1, 0.15) is 0 Å². The molecule has 2 aliphatic rings. The summed E-state index contributed by atoms with van der Waals surface area (Å²) in [5.74, 6) is 1.86. The SMILES string of the molecule is COc1cc(OC)nc(N2CCC(C(=O)N3CCOCC3)CC2)n1. The van der Waals surface area contributed by atoms with Crippen molar-refractivity contribution >= 4 is 11.9 Å². The van der Waals surface area contributed by atoms with Crippen LogP contribution in [0.3, 0.4) is 0 Å². The van der Waals surface area contributed by atoms with Gasteiger partial charge in [-0.1, -0.05) is 0 Å². The molecule has 24 heavy (non-hydrogen) atoms. The number of nitrogens with zero attached hydrogens (tertiary/aromatic N) is 4. The highest BCUT2D eigenvalue weighted by Gasteiger charge is 2.30. The lowest BCUT2D eigenvalue weighted by molar-refractivity contribution is -0.140. The van der Waals surface area contributed by atoms with Crippen LogP contribution in [0.5, 0.6) is 11.8 Å². The Balaban J connectivity index is 1.61. The van der Waals surface area contributed by atoms with Gasteiger partial charge in [0.05, 0.1) is 33.5 Å². The second-order valence-corrected chi connectivity index (χ2v) is 5.95. The van der Waals surface area contributed by atoms with Gasteiger partial charge in [0.25, 0.3) is 0 Å². The molecule has 1 amide bonds. The van der Waals surface area contributed by atoms with E-state index in [0.29, 0.717) is 44.0 Å². The summed E-state index contributed by atoms with van der Waals surface area (Å²) in [6.45, 7) is 4.18. The van der Waals surface area contributed by atoms with Gasteiger partial charge >= 0.3 is 0 Å². The molecular formula is C16H24N4O4. The average molecular weight is 336 g/mol. The molecule has 8 nitrogen and oxygen atoms in total. The second-order valence-electron chi connectivity index (χ2n) is 5.95. The van der Waals surface area contributed by atoms with Gasteiger partial charge in [-0.2, -0.15) is 9.97 Å². The topological polar surface area (TPSA) is 77.0 Å². The molecule has 1 aromatic heterocycles. The van der Waals surface area contributed by atoms with Crippen LogP contribution in [0.1, 0.15) is 12.8 Å². The lowest BCUT2D eigenvalue weighted by Gasteiger charge is -2.35. The third kappa shape index (κ3) is 3.69. The summed E-state index contributed by atoms with van der Waals surface area (Å²) in [5, 5.41) is 0. The molecule has 1 aromatic rings. The third-order valence-electron chi connectivity index (χ3n) is 4.54. The normalized spacial score (nSPS) is 19.2. The molecule has 132 valence electrons. The standard InChI is InChI=1S/C16H24N4O4/c1-22-13-11-14(23-2)18-16(17-13)20-5-3-12(4-6-20)15(21)19-7-9-24-10-8-19/h11-12H,3-10H2,1-2H3. The summed E-state index contributed by atoms with van der Waals surface area (Å²) >= 11 is 0. The largest absolute Gasteiger partial charge is 0.481 e. The fourth-order valence-corrected chi connectivity index (χ4v) is 3.11. The van der Waals surface area contributed by atoms with Gasteiger partial charge in [0.2, 0.25) is 23.6 Å². The summed E-state index contributed by atoms with van der Waals surface area (Å²) in [4.78, 5) is 25.3. The Morgan fingerprint density at radius 1 is 1.08 bits per heavy atom. The van der Waals surface area contributed by atoms with Crippen molar-refractivity contribution in [1.82, 2.24) is 14.9 Å². The number of ether oxygens (including phenoxy) is 3. The lowest BCUT2D eigenvalue weighted by Crippen LogP contribution is -2.47. The van der Waals surface area contributed by atoms with Gasteiger partial charge in [0.15, 0.2) is 0 Å². The number of aromatic nitrogens is 2. The van der Waals surface area contributed by atoms with Crippen molar-refractivity contribution in [2.75, 3.05) is 58.5 Å². The van der Waals surface area contributed by atoms with E-state index in [4.69, 9.17) is 14.2 Å². The highest BCUT2D eigenvalue weighted by molar-refractivity contribution is 5.79. The van der Waals surface area contributed by atoms with E-state index in [2.05, 4.69) is 14.9 Å². The Morgan fingerprint density at radius 3 is 2.21 bits per heavy atom. The molecule has 0 bridgehead atoms. The molecule has 0 aromatic carbocycles. The van der Waals surface area contributed by atoms with Crippen molar-refractivity contribution in [3.8, 4) is 11.8 Å². The Labute approximate surface area is 141 Å². The van der Waals surface area contributed by atoms with E-state index < -0.39 is 0 Å². The lowest BCUT2D eigenvalue weighted by atomic mass is 9.95. The minimum Gasteiger partial charge on any atom is -0.481 e. The van der Waals surface area contributed by atoms with Crippen molar-refractivity contribution in [2.45, 2.75) is 12.8 Å². The number of amides is 1. The van der Waals surface area contributed by atoms with Gasteiger partial charge in [-0.3, -0.25) is 4.79 Å². The average Bonchev–Trinajstić information content (AvgIpc) is 2.67. The zero-order valence-corrected chi connectivity index (χ0v) is 14.2. The van der Waals surface area contributed by atoms with Crippen molar-refractivity contribution < 1.29 is 19.0 Å². The van der Waals surface area contributed by atoms with Crippen LogP contribution in [0, 0.1) is 5.92 Å². The molecule has 2 fully saturated rings. The molecule has 0 atom stereocenters. The Bertz CT molecular complexity index is 547. The van der Waals surface area contributed by atoms with E-state index in [9.17, 15) is 4.79 Å². The van der Waals surface area contributed by atoms with Crippen LogP contribution in [0.4, 0.5) is 5.95 Å². The molecule has 0 N–H and O–H groups in total. The van der Waals surface area contributed by atoms with Crippen LogP contribution in [0.25, 0.3) is 0 Å². The Hall–Kier alpha value is -2.09. The fourth-order valence-electron chi connectivity index (χ4n) is 3.11. The quantitative estimate of drug-likeness (QED) is 0.795. The van der Waals surface area contributed by atoms with Crippen LogP contribution < -0.4 is 14.4 Å². The third-order valence-corrected chi connectivity index (χ3v) is 4.54. The number of carbonyl (C=O) groups is 1. The summed E-state index contributed by atoms with van der Waals surface area (Å²) < 4.78 is 15.7.